The minimum absolute atomic E-state index is 0.186. The van der Waals surface area contributed by atoms with Crippen LogP contribution < -0.4 is 0 Å². The molecule has 0 unspecified atom stereocenters. The summed E-state index contributed by atoms with van der Waals surface area (Å²) in [4.78, 5) is 10.7. The minimum atomic E-state index is -1.39. The Balaban J connectivity index is 3.91. The molecule has 54 valence electrons. The average molecular weight is 138 g/mol. The van der Waals surface area contributed by atoms with Gasteiger partial charge in [0.15, 0.2) is 0 Å². The molecule has 0 fully saturated rings. The zero-order chi connectivity index (χ0) is 8.20. The van der Waals surface area contributed by atoms with Gasteiger partial charge in [-0.05, 0) is 20.3 Å². The number of rotatable bonds is 3. The van der Waals surface area contributed by atoms with Crippen LogP contribution in [0.5, 0.6) is 0 Å². The number of carbonyl (C=O) groups excluding carboxylic acids is 1. The molecule has 6 radical (unpaired) electrons. The molecule has 0 N–H and O–H groups in total. The topological polar surface area (TPSA) is 26.3 Å². The highest BCUT2D eigenvalue weighted by Gasteiger charge is 2.27. The predicted octanol–water partition coefficient (Wildman–Crippen LogP) is 1.06. The summed E-state index contributed by atoms with van der Waals surface area (Å²) in [7, 11) is 0. The molecule has 0 aromatic carbocycles. The molecule has 0 spiro atoms. The first-order chi connectivity index (χ1) is 4.54. The molecule has 2 nitrogen and oxygen atoms in total. The van der Waals surface area contributed by atoms with Gasteiger partial charge in [0.25, 0.3) is 0 Å². The standard InChI is InChI=1S/C8H10O2/c1-5-8(3,4)7(9)10-6-2/h2-4H,5-6H2,1H3. The SMILES string of the molecule is [CH]COC(=O)C([CH])([CH])CC. The molecule has 0 amide bonds. The third kappa shape index (κ3) is 2.38. The minimum Gasteiger partial charge on any atom is -0.465 e. The first kappa shape index (κ1) is 9.47. The summed E-state index contributed by atoms with van der Waals surface area (Å²) < 4.78 is 4.39. The Hall–Kier alpha value is -0.530. The van der Waals surface area contributed by atoms with Gasteiger partial charge in [-0.3, -0.25) is 4.79 Å². The van der Waals surface area contributed by atoms with Crippen molar-refractivity contribution in [1.29, 1.82) is 0 Å². The first-order valence-corrected chi connectivity index (χ1v) is 2.99. The van der Waals surface area contributed by atoms with E-state index in [1.165, 1.54) is 0 Å². The quantitative estimate of drug-likeness (QED) is 0.545. The van der Waals surface area contributed by atoms with Gasteiger partial charge in [0, 0.05) is 6.92 Å². The lowest BCUT2D eigenvalue weighted by Gasteiger charge is -2.18. The van der Waals surface area contributed by atoms with E-state index in [0.717, 1.165) is 0 Å². The van der Waals surface area contributed by atoms with Crippen molar-refractivity contribution < 1.29 is 9.53 Å². The largest absolute Gasteiger partial charge is 0.465 e. The first-order valence-electron chi connectivity index (χ1n) is 2.99. The monoisotopic (exact) mass is 138 g/mol. The Kier molecular flexibility index (Phi) is 3.40. The highest BCUT2D eigenvalue weighted by atomic mass is 16.5. The van der Waals surface area contributed by atoms with E-state index in [2.05, 4.69) is 4.74 Å². The molecule has 0 heterocycles. The van der Waals surface area contributed by atoms with Crippen molar-refractivity contribution in [2.75, 3.05) is 6.61 Å². The van der Waals surface area contributed by atoms with Crippen LogP contribution in [0.4, 0.5) is 0 Å². The fraction of sp³-hybridized carbons (Fsp3) is 0.500. The second-order valence-corrected chi connectivity index (χ2v) is 1.99. The second-order valence-electron chi connectivity index (χ2n) is 1.99. The Morgan fingerprint density at radius 1 is 1.60 bits per heavy atom. The van der Waals surface area contributed by atoms with E-state index in [9.17, 15) is 4.79 Å². The number of hydrogen-bond donors (Lipinski definition) is 0. The van der Waals surface area contributed by atoms with Crippen molar-refractivity contribution in [3.05, 3.63) is 20.8 Å². The fourth-order valence-corrected chi connectivity index (χ4v) is 0.354. The normalized spacial score (nSPS) is 11.2. The van der Waals surface area contributed by atoms with Crippen molar-refractivity contribution in [3.8, 4) is 0 Å². The van der Waals surface area contributed by atoms with Crippen molar-refractivity contribution in [3.63, 3.8) is 0 Å². The molecule has 0 rings (SSSR count). The van der Waals surface area contributed by atoms with Gasteiger partial charge in [-0.15, -0.1) is 0 Å². The van der Waals surface area contributed by atoms with Gasteiger partial charge >= 0.3 is 5.97 Å². The van der Waals surface area contributed by atoms with E-state index in [4.69, 9.17) is 20.8 Å². The summed E-state index contributed by atoms with van der Waals surface area (Å²) in [5.74, 6) is -0.669. The summed E-state index contributed by atoms with van der Waals surface area (Å²) in [6.45, 7) is 17.0. The van der Waals surface area contributed by atoms with Gasteiger partial charge in [0.05, 0.1) is 12.0 Å². The van der Waals surface area contributed by atoms with E-state index in [-0.39, 0.29) is 6.61 Å². The fourth-order valence-electron chi connectivity index (χ4n) is 0.354. The molecule has 0 atom stereocenters. The van der Waals surface area contributed by atoms with Crippen LogP contribution in [0.25, 0.3) is 0 Å². The summed E-state index contributed by atoms with van der Waals surface area (Å²) in [6, 6.07) is 0. The summed E-state index contributed by atoms with van der Waals surface area (Å²) in [5.41, 5.74) is -1.39. The maximum atomic E-state index is 10.7. The molecular formula is C8H10O2. The van der Waals surface area contributed by atoms with Crippen LogP contribution >= 0.6 is 0 Å². The van der Waals surface area contributed by atoms with E-state index < -0.39 is 11.4 Å². The zero-order valence-corrected chi connectivity index (χ0v) is 5.96. The highest BCUT2D eigenvalue weighted by molar-refractivity contribution is 5.78. The van der Waals surface area contributed by atoms with Crippen LogP contribution in [-0.2, 0) is 9.53 Å². The van der Waals surface area contributed by atoms with Crippen LogP contribution in [0, 0.1) is 26.2 Å². The van der Waals surface area contributed by atoms with Crippen LogP contribution in [0.1, 0.15) is 13.3 Å². The lowest BCUT2D eigenvalue weighted by atomic mass is 9.91. The molecule has 0 aromatic heterocycles. The molecule has 0 aliphatic carbocycles. The van der Waals surface area contributed by atoms with Crippen LogP contribution in [-0.4, -0.2) is 12.6 Å². The molecule has 0 saturated carbocycles. The zero-order valence-electron chi connectivity index (χ0n) is 5.96. The number of carbonyl (C=O) groups is 1. The van der Waals surface area contributed by atoms with E-state index in [1.807, 2.05) is 0 Å². The lowest BCUT2D eigenvalue weighted by Crippen LogP contribution is -2.26. The van der Waals surface area contributed by atoms with Crippen LogP contribution in [0.3, 0.4) is 0 Å². The Morgan fingerprint density at radius 3 is 2.40 bits per heavy atom. The third-order valence-electron chi connectivity index (χ3n) is 1.18. The van der Waals surface area contributed by atoms with Gasteiger partial charge in [0.2, 0.25) is 0 Å². The molecule has 0 aliphatic heterocycles. The molecular weight excluding hydrogens is 128 g/mol. The second kappa shape index (κ2) is 3.59. The number of esters is 1. The van der Waals surface area contributed by atoms with Crippen LogP contribution in [0.15, 0.2) is 0 Å². The van der Waals surface area contributed by atoms with Crippen molar-refractivity contribution in [1.82, 2.24) is 0 Å². The Morgan fingerprint density at radius 2 is 2.10 bits per heavy atom. The van der Waals surface area contributed by atoms with Gasteiger partial charge in [-0.1, -0.05) is 6.92 Å². The molecule has 0 aliphatic rings. The van der Waals surface area contributed by atoms with Gasteiger partial charge in [-0.25, -0.2) is 0 Å². The van der Waals surface area contributed by atoms with Gasteiger partial charge in [0.1, 0.15) is 0 Å². The van der Waals surface area contributed by atoms with E-state index >= 15 is 0 Å². The van der Waals surface area contributed by atoms with E-state index in [1.54, 1.807) is 6.92 Å². The van der Waals surface area contributed by atoms with Crippen molar-refractivity contribution in [2.24, 2.45) is 5.41 Å². The number of hydrogen-bond acceptors (Lipinski definition) is 2. The highest BCUT2D eigenvalue weighted by Crippen LogP contribution is 2.19. The smallest absolute Gasteiger partial charge is 0.312 e. The Labute approximate surface area is 62.6 Å². The molecule has 0 saturated heterocycles. The summed E-state index contributed by atoms with van der Waals surface area (Å²) in [5, 5.41) is 0. The maximum absolute atomic E-state index is 10.7. The van der Waals surface area contributed by atoms with Crippen molar-refractivity contribution >= 4 is 5.97 Å². The van der Waals surface area contributed by atoms with E-state index in [0.29, 0.717) is 6.42 Å². The van der Waals surface area contributed by atoms with Gasteiger partial charge < -0.3 is 4.74 Å². The molecule has 0 aromatic rings. The van der Waals surface area contributed by atoms with Gasteiger partial charge in [-0.2, -0.15) is 0 Å². The maximum Gasteiger partial charge on any atom is 0.312 e. The predicted molar refractivity (Wildman–Crippen MR) is 36.6 cm³/mol. The molecule has 0 bridgehead atoms. The third-order valence-corrected chi connectivity index (χ3v) is 1.18. The molecule has 10 heavy (non-hydrogen) atoms. The number of ether oxygens (including phenoxy) is 1. The summed E-state index contributed by atoms with van der Waals surface area (Å²) in [6.07, 6.45) is 0.325. The molecule has 2 heteroatoms. The average Bonchev–Trinajstić information content (AvgIpc) is 1.89. The Bertz CT molecular complexity index is 116. The van der Waals surface area contributed by atoms with Crippen molar-refractivity contribution in [2.45, 2.75) is 13.3 Å². The summed E-state index contributed by atoms with van der Waals surface area (Å²) >= 11 is 0. The lowest BCUT2D eigenvalue weighted by molar-refractivity contribution is -0.149. The van der Waals surface area contributed by atoms with Crippen LogP contribution in [0.2, 0.25) is 0 Å².